The Morgan fingerprint density at radius 3 is 3.15 bits per heavy atom. The van der Waals surface area contributed by atoms with Gasteiger partial charge in [0.2, 0.25) is 0 Å². The Morgan fingerprint density at radius 2 is 2.20 bits per heavy atom. The summed E-state index contributed by atoms with van der Waals surface area (Å²) in [4.78, 5) is 7.09. The van der Waals surface area contributed by atoms with E-state index in [0.717, 1.165) is 17.7 Å². The second kappa shape index (κ2) is 4.72. The van der Waals surface area contributed by atoms with Crippen molar-refractivity contribution in [2.24, 2.45) is 0 Å². The van der Waals surface area contributed by atoms with Crippen LogP contribution >= 0.6 is 0 Å². The van der Waals surface area contributed by atoms with Crippen LogP contribution in [0.3, 0.4) is 0 Å². The van der Waals surface area contributed by atoms with Crippen molar-refractivity contribution in [1.29, 1.82) is 0 Å². The van der Waals surface area contributed by atoms with Gasteiger partial charge in [-0.3, -0.25) is 9.88 Å². The van der Waals surface area contributed by atoms with Gasteiger partial charge in [-0.25, -0.2) is 0 Å². The van der Waals surface area contributed by atoms with Gasteiger partial charge in [0.05, 0.1) is 5.52 Å². The van der Waals surface area contributed by atoms with E-state index in [9.17, 15) is 0 Å². The summed E-state index contributed by atoms with van der Waals surface area (Å²) in [5.74, 6) is 0. The number of pyridine rings is 1. The van der Waals surface area contributed by atoms with Crippen LogP contribution in [0, 0.1) is 0 Å². The van der Waals surface area contributed by atoms with Crippen molar-refractivity contribution in [2.75, 3.05) is 25.4 Å². The lowest BCUT2D eigenvalue weighted by molar-refractivity contribution is 0.164. The Balaban J connectivity index is 1.82. The summed E-state index contributed by atoms with van der Waals surface area (Å²) in [6.07, 6.45) is 4.52. The minimum Gasteiger partial charge on any atom is -0.399 e. The smallest absolute Gasteiger partial charge is 0.0706 e. The van der Waals surface area contributed by atoms with Gasteiger partial charge in [0.15, 0.2) is 0 Å². The van der Waals surface area contributed by atoms with E-state index in [4.69, 9.17) is 5.73 Å². The van der Waals surface area contributed by atoms with Crippen LogP contribution in [0.1, 0.15) is 24.4 Å². The Labute approximate surface area is 119 Å². The van der Waals surface area contributed by atoms with Crippen molar-refractivity contribution in [3.63, 3.8) is 0 Å². The highest BCUT2D eigenvalue weighted by Gasteiger charge is 2.35. The highest BCUT2D eigenvalue weighted by Crippen LogP contribution is 2.34. The van der Waals surface area contributed by atoms with Crippen LogP contribution in [0.4, 0.5) is 5.69 Å². The topological polar surface area (TPSA) is 54.2 Å². The van der Waals surface area contributed by atoms with Gasteiger partial charge in [-0.1, -0.05) is 0 Å². The molecule has 2 atom stereocenters. The fraction of sp³-hybridized carbons (Fsp3) is 0.438. The van der Waals surface area contributed by atoms with E-state index in [2.05, 4.69) is 27.3 Å². The molecule has 4 heteroatoms. The molecular weight excluding hydrogens is 248 g/mol. The van der Waals surface area contributed by atoms with E-state index < -0.39 is 0 Å². The highest BCUT2D eigenvalue weighted by atomic mass is 15.2. The molecule has 3 heterocycles. The number of nitrogens with two attached hydrogens (primary N) is 1. The molecule has 0 radical (unpaired) electrons. The minimum atomic E-state index is 0.401. The average Bonchev–Trinajstić information content (AvgIpc) is 2.95. The molecule has 0 amide bonds. The normalized spacial score (nSPS) is 26.8. The average molecular weight is 268 g/mol. The van der Waals surface area contributed by atoms with Crippen LogP contribution in [0.15, 0.2) is 30.5 Å². The highest BCUT2D eigenvalue weighted by molar-refractivity contribution is 5.85. The molecule has 0 spiro atoms. The van der Waals surface area contributed by atoms with Crippen LogP contribution in [-0.4, -0.2) is 35.6 Å². The lowest BCUT2D eigenvalue weighted by Crippen LogP contribution is -2.49. The third-order valence-electron chi connectivity index (χ3n) is 4.70. The van der Waals surface area contributed by atoms with Crippen molar-refractivity contribution < 1.29 is 0 Å². The third kappa shape index (κ3) is 1.87. The summed E-state index contributed by atoms with van der Waals surface area (Å²) >= 11 is 0. The lowest BCUT2D eigenvalue weighted by Gasteiger charge is -2.38. The quantitative estimate of drug-likeness (QED) is 0.776. The molecule has 1 unspecified atom stereocenters. The molecule has 2 aliphatic rings. The second-order valence-electron chi connectivity index (χ2n) is 5.85. The first-order valence-corrected chi connectivity index (χ1v) is 7.44. The molecule has 1 aromatic carbocycles. The van der Waals surface area contributed by atoms with Crippen LogP contribution < -0.4 is 11.1 Å². The van der Waals surface area contributed by atoms with E-state index >= 15 is 0 Å². The van der Waals surface area contributed by atoms with E-state index in [1.807, 2.05) is 18.3 Å². The minimum absolute atomic E-state index is 0.401. The van der Waals surface area contributed by atoms with Crippen LogP contribution in [0.25, 0.3) is 10.9 Å². The Morgan fingerprint density at radius 1 is 1.25 bits per heavy atom. The first kappa shape index (κ1) is 12.1. The zero-order valence-electron chi connectivity index (χ0n) is 11.5. The molecule has 3 N–H and O–H groups in total. The molecule has 0 aliphatic carbocycles. The predicted octanol–water partition coefficient (Wildman–Crippen LogP) is 1.93. The third-order valence-corrected chi connectivity index (χ3v) is 4.70. The molecule has 2 saturated heterocycles. The van der Waals surface area contributed by atoms with Gasteiger partial charge in [0.25, 0.3) is 0 Å². The van der Waals surface area contributed by atoms with Gasteiger partial charge in [-0.15, -0.1) is 0 Å². The molecular formula is C16H20N4. The standard InChI is InChI=1S/C16H20N4/c17-11-3-4-14-13(10-11)12(5-6-18-14)16-15-2-1-8-20(15)9-7-19-16/h3-6,10,15-16,19H,1-2,7-9,17H2/t15-,16?/m0/s1. The van der Waals surface area contributed by atoms with Crippen molar-refractivity contribution in [3.8, 4) is 0 Å². The Hall–Kier alpha value is -1.65. The maximum atomic E-state index is 5.97. The fourth-order valence-electron chi connectivity index (χ4n) is 3.78. The zero-order valence-corrected chi connectivity index (χ0v) is 11.5. The summed E-state index contributed by atoms with van der Waals surface area (Å²) in [5.41, 5.74) is 9.16. The summed E-state index contributed by atoms with van der Waals surface area (Å²) in [5, 5.41) is 4.90. The van der Waals surface area contributed by atoms with Crippen LogP contribution in [0.2, 0.25) is 0 Å². The summed E-state index contributed by atoms with van der Waals surface area (Å²) in [7, 11) is 0. The molecule has 104 valence electrons. The molecule has 1 aromatic heterocycles. The number of nitrogens with one attached hydrogen (secondary N) is 1. The number of piperazine rings is 1. The number of aromatic nitrogens is 1. The van der Waals surface area contributed by atoms with E-state index in [0.29, 0.717) is 12.1 Å². The van der Waals surface area contributed by atoms with Gasteiger partial charge >= 0.3 is 0 Å². The number of anilines is 1. The van der Waals surface area contributed by atoms with Crippen LogP contribution in [-0.2, 0) is 0 Å². The van der Waals surface area contributed by atoms with Crippen molar-refractivity contribution in [3.05, 3.63) is 36.0 Å². The molecule has 2 aliphatic heterocycles. The Bertz CT molecular complexity index is 639. The van der Waals surface area contributed by atoms with Gasteiger partial charge in [-0.05, 0) is 49.2 Å². The number of nitrogen functional groups attached to an aromatic ring is 1. The SMILES string of the molecule is Nc1ccc2nccc(C3NCCN4CCC[C@@H]34)c2c1. The summed E-state index contributed by atoms with van der Waals surface area (Å²) in [6, 6.07) is 9.18. The molecule has 0 saturated carbocycles. The number of fused-ring (bicyclic) bond motifs is 2. The first-order chi connectivity index (χ1) is 9.83. The molecule has 4 nitrogen and oxygen atoms in total. The van der Waals surface area contributed by atoms with Crippen molar-refractivity contribution >= 4 is 16.6 Å². The second-order valence-corrected chi connectivity index (χ2v) is 5.85. The van der Waals surface area contributed by atoms with Gasteiger partial charge < -0.3 is 11.1 Å². The molecule has 20 heavy (non-hydrogen) atoms. The summed E-state index contributed by atoms with van der Waals surface area (Å²) < 4.78 is 0. The summed E-state index contributed by atoms with van der Waals surface area (Å²) in [6.45, 7) is 3.48. The number of nitrogens with zero attached hydrogens (tertiary/aromatic N) is 2. The maximum absolute atomic E-state index is 5.97. The van der Waals surface area contributed by atoms with E-state index in [1.54, 1.807) is 0 Å². The maximum Gasteiger partial charge on any atom is 0.0706 e. The number of hydrogen-bond acceptors (Lipinski definition) is 4. The van der Waals surface area contributed by atoms with Gasteiger partial charge in [0.1, 0.15) is 0 Å². The van der Waals surface area contributed by atoms with Crippen molar-refractivity contribution in [1.82, 2.24) is 15.2 Å². The largest absolute Gasteiger partial charge is 0.399 e. The van der Waals surface area contributed by atoms with Gasteiger partial charge in [-0.2, -0.15) is 0 Å². The first-order valence-electron chi connectivity index (χ1n) is 7.44. The monoisotopic (exact) mass is 268 g/mol. The number of hydrogen-bond donors (Lipinski definition) is 2. The van der Waals surface area contributed by atoms with Gasteiger partial charge in [0, 0.05) is 42.4 Å². The van der Waals surface area contributed by atoms with Crippen molar-refractivity contribution in [2.45, 2.75) is 24.9 Å². The van der Waals surface area contributed by atoms with Crippen LogP contribution in [0.5, 0.6) is 0 Å². The lowest BCUT2D eigenvalue weighted by atomic mass is 9.93. The molecule has 2 fully saturated rings. The molecule has 0 bridgehead atoms. The predicted molar refractivity (Wildman–Crippen MR) is 81.5 cm³/mol. The zero-order chi connectivity index (χ0) is 13.5. The fourth-order valence-corrected chi connectivity index (χ4v) is 3.78. The molecule has 2 aromatic rings. The Kier molecular flexibility index (Phi) is 2.86. The van der Waals surface area contributed by atoms with E-state index in [1.165, 1.54) is 36.9 Å². The molecule has 4 rings (SSSR count). The number of rotatable bonds is 1. The number of benzene rings is 1. The van der Waals surface area contributed by atoms with E-state index in [-0.39, 0.29) is 0 Å².